The molecule has 0 saturated carbocycles. The fraction of sp³-hybridized carbons (Fsp3) is 0.600. The lowest BCUT2D eigenvalue weighted by atomic mass is 9.87. The van der Waals surface area contributed by atoms with Crippen molar-refractivity contribution < 1.29 is 9.13 Å². The SMILES string of the molecule is CCNC(COc1cc(C)ccc1F)C(C)(C)C. The van der Waals surface area contributed by atoms with Gasteiger partial charge in [0.15, 0.2) is 11.6 Å². The quantitative estimate of drug-likeness (QED) is 0.866. The maximum absolute atomic E-state index is 13.6. The topological polar surface area (TPSA) is 21.3 Å². The third kappa shape index (κ3) is 4.30. The Labute approximate surface area is 110 Å². The second-order valence-corrected chi connectivity index (χ2v) is 5.72. The minimum absolute atomic E-state index is 0.0797. The van der Waals surface area contributed by atoms with E-state index in [2.05, 4.69) is 33.0 Å². The number of hydrogen-bond acceptors (Lipinski definition) is 2. The van der Waals surface area contributed by atoms with Gasteiger partial charge >= 0.3 is 0 Å². The molecule has 0 aliphatic carbocycles. The Bertz CT molecular complexity index is 385. The number of benzene rings is 1. The largest absolute Gasteiger partial charge is 0.489 e. The Morgan fingerprint density at radius 1 is 1.33 bits per heavy atom. The predicted octanol–water partition coefficient (Wildman–Crippen LogP) is 3.54. The second-order valence-electron chi connectivity index (χ2n) is 5.72. The van der Waals surface area contributed by atoms with E-state index < -0.39 is 0 Å². The molecular formula is C15H24FNO. The predicted molar refractivity (Wildman–Crippen MR) is 73.6 cm³/mol. The third-order valence-electron chi connectivity index (χ3n) is 2.99. The average molecular weight is 253 g/mol. The number of halogens is 1. The van der Waals surface area contributed by atoms with E-state index in [1.165, 1.54) is 6.07 Å². The summed E-state index contributed by atoms with van der Waals surface area (Å²) in [6.45, 7) is 11.8. The van der Waals surface area contributed by atoms with E-state index in [0.29, 0.717) is 12.4 Å². The molecule has 1 atom stereocenters. The molecule has 1 aromatic rings. The van der Waals surface area contributed by atoms with Crippen LogP contribution in [-0.4, -0.2) is 19.2 Å². The Hall–Kier alpha value is -1.09. The van der Waals surface area contributed by atoms with Crippen LogP contribution in [0.25, 0.3) is 0 Å². The van der Waals surface area contributed by atoms with E-state index in [1.54, 1.807) is 12.1 Å². The molecule has 0 aliphatic heterocycles. The fourth-order valence-corrected chi connectivity index (χ4v) is 1.76. The Kier molecular flexibility index (Phi) is 5.15. The van der Waals surface area contributed by atoms with Gasteiger partial charge in [0.1, 0.15) is 6.61 Å². The summed E-state index contributed by atoms with van der Waals surface area (Å²) in [7, 11) is 0. The highest BCUT2D eigenvalue weighted by atomic mass is 19.1. The zero-order valence-electron chi connectivity index (χ0n) is 12.0. The van der Waals surface area contributed by atoms with Crippen LogP contribution in [0.15, 0.2) is 18.2 Å². The molecule has 1 N–H and O–H groups in total. The lowest BCUT2D eigenvalue weighted by molar-refractivity contribution is 0.171. The van der Waals surface area contributed by atoms with Crippen molar-refractivity contribution in [1.29, 1.82) is 0 Å². The lowest BCUT2D eigenvalue weighted by Gasteiger charge is -2.31. The number of hydrogen-bond donors (Lipinski definition) is 1. The normalized spacial score (nSPS) is 13.4. The average Bonchev–Trinajstić information content (AvgIpc) is 2.27. The van der Waals surface area contributed by atoms with Crippen molar-refractivity contribution in [3.63, 3.8) is 0 Å². The van der Waals surface area contributed by atoms with Crippen molar-refractivity contribution in [3.8, 4) is 5.75 Å². The van der Waals surface area contributed by atoms with Gasteiger partial charge in [0.25, 0.3) is 0 Å². The van der Waals surface area contributed by atoms with Gasteiger partial charge in [-0.3, -0.25) is 0 Å². The summed E-state index contributed by atoms with van der Waals surface area (Å²) in [5.74, 6) is 0.0342. The molecule has 18 heavy (non-hydrogen) atoms. The summed E-state index contributed by atoms with van der Waals surface area (Å²) in [6.07, 6.45) is 0. The van der Waals surface area contributed by atoms with Crippen molar-refractivity contribution in [2.45, 2.75) is 40.7 Å². The van der Waals surface area contributed by atoms with Crippen LogP contribution in [0.2, 0.25) is 0 Å². The Morgan fingerprint density at radius 2 is 2.00 bits per heavy atom. The van der Waals surface area contributed by atoms with Gasteiger partial charge in [-0.2, -0.15) is 0 Å². The van der Waals surface area contributed by atoms with Gasteiger partial charge in [0.05, 0.1) is 0 Å². The van der Waals surface area contributed by atoms with E-state index in [0.717, 1.165) is 12.1 Å². The second kappa shape index (κ2) is 6.19. The van der Waals surface area contributed by atoms with Crippen molar-refractivity contribution in [2.75, 3.05) is 13.2 Å². The number of rotatable bonds is 5. The molecule has 0 heterocycles. The van der Waals surface area contributed by atoms with Gasteiger partial charge in [0, 0.05) is 6.04 Å². The Morgan fingerprint density at radius 3 is 2.56 bits per heavy atom. The van der Waals surface area contributed by atoms with Gasteiger partial charge in [-0.25, -0.2) is 4.39 Å². The van der Waals surface area contributed by atoms with Gasteiger partial charge in [-0.05, 0) is 36.6 Å². The summed E-state index contributed by atoms with van der Waals surface area (Å²) in [5, 5.41) is 3.38. The zero-order chi connectivity index (χ0) is 13.8. The first kappa shape index (κ1) is 15.0. The van der Waals surface area contributed by atoms with Gasteiger partial charge < -0.3 is 10.1 Å². The van der Waals surface area contributed by atoms with Crippen molar-refractivity contribution in [2.24, 2.45) is 5.41 Å². The molecule has 0 bridgehead atoms. The van der Waals surface area contributed by atoms with Crippen molar-refractivity contribution >= 4 is 0 Å². The molecule has 0 radical (unpaired) electrons. The fourth-order valence-electron chi connectivity index (χ4n) is 1.76. The summed E-state index contributed by atoms with van der Waals surface area (Å²) in [5.41, 5.74) is 1.08. The van der Waals surface area contributed by atoms with Gasteiger partial charge in [-0.15, -0.1) is 0 Å². The zero-order valence-corrected chi connectivity index (χ0v) is 12.0. The summed E-state index contributed by atoms with van der Waals surface area (Å²) in [4.78, 5) is 0. The molecule has 0 aromatic heterocycles. The molecule has 3 heteroatoms. The maximum atomic E-state index is 13.6. The van der Waals surface area contributed by atoms with Crippen LogP contribution in [0.1, 0.15) is 33.3 Å². The molecule has 1 rings (SSSR count). The lowest BCUT2D eigenvalue weighted by Crippen LogP contribution is -2.44. The van der Waals surface area contributed by atoms with Crippen LogP contribution in [0, 0.1) is 18.2 Å². The van der Waals surface area contributed by atoms with Crippen LogP contribution in [-0.2, 0) is 0 Å². The molecule has 0 amide bonds. The van der Waals surface area contributed by atoms with E-state index in [9.17, 15) is 4.39 Å². The smallest absolute Gasteiger partial charge is 0.165 e. The van der Waals surface area contributed by atoms with Gasteiger partial charge in [-0.1, -0.05) is 33.8 Å². The highest BCUT2D eigenvalue weighted by Crippen LogP contribution is 2.23. The number of likely N-dealkylation sites (N-methyl/N-ethyl adjacent to an activating group) is 1. The highest BCUT2D eigenvalue weighted by molar-refractivity contribution is 5.29. The molecule has 102 valence electrons. The maximum Gasteiger partial charge on any atom is 0.165 e. The van der Waals surface area contributed by atoms with Crippen molar-refractivity contribution in [1.82, 2.24) is 5.32 Å². The standard InChI is InChI=1S/C15H24FNO/c1-6-17-14(15(3,4)5)10-18-13-9-11(2)7-8-12(13)16/h7-9,14,17H,6,10H2,1-5H3. The first-order chi connectivity index (χ1) is 8.34. The summed E-state index contributed by atoms with van der Waals surface area (Å²) in [6, 6.07) is 5.13. The highest BCUT2D eigenvalue weighted by Gasteiger charge is 2.24. The number of nitrogens with one attached hydrogen (secondary N) is 1. The molecule has 1 unspecified atom stereocenters. The first-order valence-electron chi connectivity index (χ1n) is 6.47. The molecule has 0 spiro atoms. The van der Waals surface area contributed by atoms with Gasteiger partial charge in [0.2, 0.25) is 0 Å². The first-order valence-corrected chi connectivity index (χ1v) is 6.47. The van der Waals surface area contributed by atoms with Crippen molar-refractivity contribution in [3.05, 3.63) is 29.6 Å². The molecular weight excluding hydrogens is 229 g/mol. The van der Waals surface area contributed by atoms with Crippen LogP contribution in [0.5, 0.6) is 5.75 Å². The third-order valence-corrected chi connectivity index (χ3v) is 2.99. The molecule has 2 nitrogen and oxygen atoms in total. The summed E-state index contributed by atoms with van der Waals surface area (Å²) >= 11 is 0. The number of ether oxygens (including phenoxy) is 1. The van der Waals surface area contributed by atoms with Crippen LogP contribution in [0.3, 0.4) is 0 Å². The van der Waals surface area contributed by atoms with E-state index in [-0.39, 0.29) is 17.3 Å². The number of aryl methyl sites for hydroxylation is 1. The van der Waals surface area contributed by atoms with E-state index >= 15 is 0 Å². The van der Waals surface area contributed by atoms with Crippen LogP contribution < -0.4 is 10.1 Å². The minimum Gasteiger partial charge on any atom is -0.489 e. The van der Waals surface area contributed by atoms with Crippen LogP contribution in [0.4, 0.5) is 4.39 Å². The van der Waals surface area contributed by atoms with Crippen LogP contribution >= 0.6 is 0 Å². The van der Waals surface area contributed by atoms with E-state index in [1.807, 2.05) is 6.92 Å². The molecule has 0 saturated heterocycles. The molecule has 0 fully saturated rings. The summed E-state index contributed by atoms with van der Waals surface area (Å²) < 4.78 is 19.2. The Balaban J connectivity index is 2.70. The monoisotopic (exact) mass is 253 g/mol. The van der Waals surface area contributed by atoms with E-state index in [4.69, 9.17) is 4.74 Å². The molecule has 1 aromatic carbocycles. The molecule has 0 aliphatic rings. The minimum atomic E-state index is -0.301.